The number of aliphatic hydroxyl groups excluding tert-OH is 1. The maximum atomic E-state index is 11.6. The van der Waals surface area contributed by atoms with Crippen molar-refractivity contribution in [2.45, 2.75) is 84.6 Å². The lowest BCUT2D eigenvalue weighted by molar-refractivity contribution is -0.114. The Bertz CT molecular complexity index is 1150. The van der Waals surface area contributed by atoms with Gasteiger partial charge in [-0.15, -0.1) is 0 Å². The number of hydrogen-bond donors (Lipinski definition) is 2. The first-order chi connectivity index (χ1) is 20.1. The number of imidazole rings is 1. The van der Waals surface area contributed by atoms with Crippen molar-refractivity contribution >= 4 is 48.3 Å². The van der Waals surface area contributed by atoms with Crippen molar-refractivity contribution in [3.05, 3.63) is 12.7 Å². The van der Waals surface area contributed by atoms with Gasteiger partial charge in [0.2, 0.25) is 5.91 Å². The number of thioether (sulfide) groups is 1. The van der Waals surface area contributed by atoms with Crippen molar-refractivity contribution in [1.29, 1.82) is 0 Å². The number of amides is 1. The van der Waals surface area contributed by atoms with Crippen molar-refractivity contribution in [3.8, 4) is 0 Å². The van der Waals surface area contributed by atoms with Crippen molar-refractivity contribution in [2.75, 3.05) is 44.6 Å². The van der Waals surface area contributed by atoms with Crippen LogP contribution in [0.1, 0.15) is 54.2 Å². The van der Waals surface area contributed by atoms with Gasteiger partial charge in [0.25, 0.3) is 8.53 Å². The van der Waals surface area contributed by atoms with E-state index in [1.165, 1.54) is 31.3 Å². The molecule has 0 aromatic carbocycles. The molecule has 0 bridgehead atoms. The molecule has 0 saturated carbocycles. The van der Waals surface area contributed by atoms with Crippen LogP contribution < -0.4 is 5.32 Å². The van der Waals surface area contributed by atoms with Crippen LogP contribution in [0.2, 0.25) is 0 Å². The number of nitrogens with one attached hydrogen (secondary N) is 1. The third-order valence-corrected chi connectivity index (χ3v) is 9.44. The van der Waals surface area contributed by atoms with E-state index in [0.29, 0.717) is 36.6 Å². The van der Waals surface area contributed by atoms with Gasteiger partial charge in [-0.25, -0.2) is 19.6 Å². The van der Waals surface area contributed by atoms with Crippen molar-refractivity contribution < 1.29 is 38.0 Å². The molecule has 2 unspecified atom stereocenters. The first-order valence-electron chi connectivity index (χ1n) is 14.0. The minimum atomic E-state index is -1.62. The van der Waals surface area contributed by atoms with Gasteiger partial charge in [0.15, 0.2) is 28.3 Å². The Labute approximate surface area is 252 Å². The van der Waals surface area contributed by atoms with Gasteiger partial charge >= 0.3 is 0 Å². The number of carbonyl (C=O) groups excluding carboxylic acids is 2. The lowest BCUT2D eigenvalue weighted by atomic mass is 10.1. The van der Waals surface area contributed by atoms with Gasteiger partial charge in [0.1, 0.15) is 24.6 Å². The first-order valence-corrected chi connectivity index (χ1v) is 16.1. The summed E-state index contributed by atoms with van der Waals surface area (Å²) in [7, 11) is -0.0670. The average Bonchev–Trinajstić information content (AvgIpc) is 3.52. The highest BCUT2D eigenvalue weighted by atomic mass is 32.2. The summed E-state index contributed by atoms with van der Waals surface area (Å²) in [6.07, 6.45) is 0.557. The molecule has 1 saturated heterocycles. The highest BCUT2D eigenvalue weighted by Crippen LogP contribution is 2.50. The first kappa shape index (κ1) is 34.7. The van der Waals surface area contributed by atoms with Gasteiger partial charge < -0.3 is 33.7 Å². The lowest BCUT2D eigenvalue weighted by Gasteiger charge is -2.38. The molecule has 3 rings (SSSR count). The Balaban J connectivity index is 1.78. The third-order valence-electron chi connectivity index (χ3n) is 6.33. The minimum Gasteiger partial charge on any atom is -0.394 e. The van der Waals surface area contributed by atoms with Crippen LogP contribution in [-0.2, 0) is 32.8 Å². The zero-order valence-electron chi connectivity index (χ0n) is 25.3. The summed E-state index contributed by atoms with van der Waals surface area (Å²) in [6, 6.07) is 0.198. The Hall–Kier alpha value is -1.81. The summed E-state index contributed by atoms with van der Waals surface area (Å²) in [5.74, 6) is 0.592. The zero-order chi connectivity index (χ0) is 30.8. The number of aliphatic hydroxyl groups is 1. The van der Waals surface area contributed by atoms with Crippen LogP contribution in [0.15, 0.2) is 12.7 Å². The Morgan fingerprint density at radius 3 is 2.52 bits per heavy atom. The number of fused-ring (bicyclic) bond motifs is 1. The number of anilines is 1. The van der Waals surface area contributed by atoms with Gasteiger partial charge in [0, 0.05) is 38.3 Å². The van der Waals surface area contributed by atoms with E-state index in [1.807, 2.05) is 6.92 Å². The SMILES string of the molecule is CCC(=O)SCCOCCOP(OC1[C@@H](CO)O[C@@H](n2cnc3c(NC(C)=O)ncnc32)[C@H]1OC)N(C(C)C)C(C)C. The fourth-order valence-corrected chi connectivity index (χ4v) is 6.96. The topological polar surface area (TPSA) is 159 Å². The molecule has 5 atom stereocenters. The number of methoxy groups -OCH3 is 1. The van der Waals surface area contributed by atoms with E-state index in [1.54, 1.807) is 11.7 Å². The highest BCUT2D eigenvalue weighted by Gasteiger charge is 2.49. The normalized spacial score (nSPS) is 21.6. The molecule has 3 heterocycles. The summed E-state index contributed by atoms with van der Waals surface area (Å²) in [5, 5.41) is 13.1. The second kappa shape index (κ2) is 16.9. The van der Waals surface area contributed by atoms with E-state index in [4.69, 9.17) is 23.3 Å². The number of ether oxygens (including phenoxy) is 3. The number of rotatable bonds is 17. The predicted octanol–water partition coefficient (Wildman–Crippen LogP) is 3.12. The molecule has 2 aromatic rings. The third kappa shape index (κ3) is 8.87. The molecule has 1 aliphatic heterocycles. The second-order valence-corrected chi connectivity index (χ2v) is 12.6. The standard InChI is InChI=1S/C26H43N6O8PS/c1-8-20(35)42-12-11-37-9-10-38-41(32(16(2)3)17(4)5)40-22-19(13-33)39-26(23(22)36-7)31-15-29-21-24(30-18(6)34)27-14-28-25(21)31/h14-17,19,22-23,26,33H,8-13H2,1-7H3,(H,27,28,30,34)/t19-,22?,23+,26-,41?/m1/s1. The van der Waals surface area contributed by atoms with Gasteiger partial charge in [0.05, 0.1) is 32.8 Å². The molecule has 1 aliphatic rings. The van der Waals surface area contributed by atoms with Gasteiger partial charge in [-0.1, -0.05) is 18.7 Å². The second-order valence-electron chi connectivity index (χ2n) is 10.1. The van der Waals surface area contributed by atoms with Crippen LogP contribution in [0.25, 0.3) is 11.2 Å². The Morgan fingerprint density at radius 2 is 1.90 bits per heavy atom. The molecule has 2 aromatic heterocycles. The molecule has 0 radical (unpaired) electrons. The maximum Gasteiger partial charge on any atom is 0.259 e. The predicted molar refractivity (Wildman–Crippen MR) is 160 cm³/mol. The van der Waals surface area contributed by atoms with Crippen molar-refractivity contribution in [3.63, 3.8) is 0 Å². The fourth-order valence-electron chi connectivity index (χ4n) is 4.58. The molecule has 0 spiro atoms. The van der Waals surface area contributed by atoms with E-state index in [9.17, 15) is 14.7 Å². The molecule has 2 N–H and O–H groups in total. The van der Waals surface area contributed by atoms with E-state index >= 15 is 0 Å². The maximum absolute atomic E-state index is 11.6. The zero-order valence-corrected chi connectivity index (χ0v) is 27.0. The summed E-state index contributed by atoms with van der Waals surface area (Å²) >= 11 is 1.27. The average molecular weight is 631 g/mol. The number of nitrogens with zero attached hydrogens (tertiary/aromatic N) is 5. The molecule has 14 nitrogen and oxygen atoms in total. The van der Waals surface area contributed by atoms with E-state index in [-0.39, 0.29) is 42.1 Å². The Morgan fingerprint density at radius 1 is 1.17 bits per heavy atom. The van der Waals surface area contributed by atoms with Crippen molar-refractivity contribution in [1.82, 2.24) is 24.2 Å². The molecule has 0 aliphatic carbocycles. The highest BCUT2D eigenvalue weighted by molar-refractivity contribution is 8.13. The summed E-state index contributed by atoms with van der Waals surface area (Å²) in [6.45, 7) is 12.2. The number of aromatic nitrogens is 4. The molecule has 1 amide bonds. The fraction of sp³-hybridized carbons (Fsp3) is 0.731. The van der Waals surface area contributed by atoms with Gasteiger partial charge in [-0.3, -0.25) is 14.2 Å². The Kier molecular flexibility index (Phi) is 13.9. The largest absolute Gasteiger partial charge is 0.394 e. The smallest absolute Gasteiger partial charge is 0.259 e. The van der Waals surface area contributed by atoms with Gasteiger partial charge in [-0.05, 0) is 27.7 Å². The number of hydrogen-bond acceptors (Lipinski definition) is 13. The van der Waals surface area contributed by atoms with E-state index < -0.39 is 33.1 Å². The van der Waals surface area contributed by atoms with Crippen LogP contribution in [0.5, 0.6) is 0 Å². The van der Waals surface area contributed by atoms with Crippen LogP contribution in [0, 0.1) is 0 Å². The van der Waals surface area contributed by atoms with Crippen LogP contribution in [0.4, 0.5) is 5.82 Å². The van der Waals surface area contributed by atoms with E-state index in [2.05, 4.69) is 52.6 Å². The lowest BCUT2D eigenvalue weighted by Crippen LogP contribution is -2.40. The molecule has 16 heteroatoms. The van der Waals surface area contributed by atoms with Crippen LogP contribution >= 0.6 is 20.3 Å². The molecular formula is C26H43N6O8PS. The summed E-state index contributed by atoms with van der Waals surface area (Å²) in [5.41, 5.74) is 0.823. The molecular weight excluding hydrogens is 587 g/mol. The van der Waals surface area contributed by atoms with Crippen LogP contribution in [0.3, 0.4) is 0 Å². The summed E-state index contributed by atoms with van der Waals surface area (Å²) in [4.78, 5) is 36.0. The molecule has 1 fully saturated rings. The quantitative estimate of drug-likeness (QED) is 0.194. The monoisotopic (exact) mass is 630 g/mol. The van der Waals surface area contributed by atoms with Crippen LogP contribution in [-0.4, -0.2) is 110 Å². The van der Waals surface area contributed by atoms with E-state index in [0.717, 1.165) is 0 Å². The summed E-state index contributed by atoms with van der Waals surface area (Å²) < 4.78 is 34.5. The minimum absolute atomic E-state index is 0.0988. The number of carbonyl (C=O) groups is 2. The van der Waals surface area contributed by atoms with Gasteiger partial charge in [-0.2, -0.15) is 0 Å². The van der Waals surface area contributed by atoms with Crippen molar-refractivity contribution in [2.24, 2.45) is 0 Å². The molecule has 236 valence electrons. The molecule has 42 heavy (non-hydrogen) atoms.